The van der Waals surface area contributed by atoms with Gasteiger partial charge in [-0.05, 0) is 55.0 Å². The second-order valence-corrected chi connectivity index (χ2v) is 10.1. The van der Waals surface area contributed by atoms with E-state index in [2.05, 4.69) is 42.2 Å². The van der Waals surface area contributed by atoms with E-state index in [1.54, 1.807) is 17.0 Å². The van der Waals surface area contributed by atoms with Gasteiger partial charge in [-0.25, -0.2) is 9.98 Å². The summed E-state index contributed by atoms with van der Waals surface area (Å²) in [5.41, 5.74) is 14.3. The molecule has 1 aromatic heterocycles. The number of fused-ring (bicyclic) bond motifs is 1. The number of benzene rings is 1. The van der Waals surface area contributed by atoms with Gasteiger partial charge in [-0.15, -0.1) is 5.10 Å². The monoisotopic (exact) mass is 518 g/mol. The summed E-state index contributed by atoms with van der Waals surface area (Å²) < 4.78 is 0. The molecule has 3 unspecified atom stereocenters. The number of nitrogens with zero attached hydrogens (tertiary/aromatic N) is 5. The van der Waals surface area contributed by atoms with Gasteiger partial charge in [0, 0.05) is 24.8 Å². The number of carbonyl (C=O) groups excluding carboxylic acids is 2. The van der Waals surface area contributed by atoms with Crippen LogP contribution >= 0.6 is 0 Å². The number of hydrogen-bond acceptors (Lipinski definition) is 11. The first-order valence-electron chi connectivity index (χ1n) is 12.8. The van der Waals surface area contributed by atoms with Crippen LogP contribution in [-0.4, -0.2) is 86.9 Å². The highest BCUT2D eigenvalue weighted by Gasteiger charge is 2.65. The fourth-order valence-corrected chi connectivity index (χ4v) is 6.15. The van der Waals surface area contributed by atoms with Crippen LogP contribution in [0.4, 0.5) is 0 Å². The molecular weight excluding hydrogens is 488 g/mol. The molecule has 0 saturated carbocycles. The lowest BCUT2D eigenvalue weighted by atomic mass is 9.87. The highest BCUT2D eigenvalue weighted by molar-refractivity contribution is 5.97. The summed E-state index contributed by atoms with van der Waals surface area (Å²) in [5, 5.41) is 28.1. The van der Waals surface area contributed by atoms with Crippen LogP contribution in [-0.2, 0) is 12.8 Å². The van der Waals surface area contributed by atoms with Gasteiger partial charge in [0.1, 0.15) is 12.1 Å². The Hall–Kier alpha value is -4.26. The van der Waals surface area contributed by atoms with E-state index in [1.807, 2.05) is 12.1 Å². The van der Waals surface area contributed by atoms with Crippen molar-refractivity contribution in [1.82, 2.24) is 31.0 Å². The standard InChI is InChI=1S/C25H30N10O3/c26-23-32-19-17(11-28-22(38)16-9-4-10-29-34-16)31-24(27)35-12-18(20(36)25(19,35)33-23)30-21(37)15-8-3-6-13-5-1-2-7-14(13)15/h3-4,6,8-10,17-20,36H,1-2,5,7,11-12H2,(H2,27,31)(H,28,38)(H,30,37)(H3,26,32,33)/t17-,18?,19?,20+,25?/m0/s1. The number of carbonyl (C=O) groups is 2. The van der Waals surface area contributed by atoms with Gasteiger partial charge in [0.2, 0.25) is 0 Å². The number of aliphatic hydroxyl groups excluding tert-OH is 1. The zero-order chi connectivity index (χ0) is 26.4. The number of aliphatic hydroxyl groups is 1. The molecule has 1 saturated heterocycles. The Labute approximate surface area is 218 Å². The number of aryl methyl sites for hydroxylation is 1. The minimum absolute atomic E-state index is 0.0781. The van der Waals surface area contributed by atoms with Crippen molar-refractivity contribution in [1.29, 1.82) is 0 Å². The topological polar surface area (TPSA) is 196 Å². The molecule has 8 N–H and O–H groups in total. The quantitative estimate of drug-likeness (QED) is 0.266. The zero-order valence-electron chi connectivity index (χ0n) is 20.7. The highest BCUT2D eigenvalue weighted by Crippen LogP contribution is 2.40. The van der Waals surface area contributed by atoms with E-state index in [0.29, 0.717) is 5.56 Å². The second-order valence-electron chi connectivity index (χ2n) is 10.1. The molecule has 1 fully saturated rings. The van der Waals surface area contributed by atoms with Gasteiger partial charge in [-0.2, -0.15) is 5.10 Å². The van der Waals surface area contributed by atoms with Gasteiger partial charge in [0.05, 0.1) is 12.1 Å². The first-order chi connectivity index (χ1) is 18.4. The second kappa shape index (κ2) is 9.24. The number of guanidine groups is 2. The molecule has 13 nitrogen and oxygen atoms in total. The number of hydrogen-bond donors (Lipinski definition) is 6. The zero-order valence-corrected chi connectivity index (χ0v) is 20.7. The summed E-state index contributed by atoms with van der Waals surface area (Å²) in [5.74, 6) is -0.381. The summed E-state index contributed by atoms with van der Waals surface area (Å²) in [6.45, 7) is 0.289. The van der Waals surface area contributed by atoms with Gasteiger partial charge in [0.15, 0.2) is 23.3 Å². The molecule has 5 atom stereocenters. The lowest BCUT2D eigenvalue weighted by Gasteiger charge is -2.46. The summed E-state index contributed by atoms with van der Waals surface area (Å²) >= 11 is 0. The largest absolute Gasteiger partial charge is 0.386 e. The maximum absolute atomic E-state index is 13.4. The molecule has 0 radical (unpaired) electrons. The minimum Gasteiger partial charge on any atom is -0.386 e. The molecule has 4 aliphatic rings. The van der Waals surface area contributed by atoms with Crippen LogP contribution in [0.3, 0.4) is 0 Å². The molecule has 4 heterocycles. The van der Waals surface area contributed by atoms with Crippen LogP contribution in [0.2, 0.25) is 0 Å². The van der Waals surface area contributed by atoms with Crippen LogP contribution < -0.4 is 27.4 Å². The van der Waals surface area contributed by atoms with Gasteiger partial charge in [0.25, 0.3) is 11.8 Å². The Morgan fingerprint density at radius 2 is 1.97 bits per heavy atom. The molecule has 2 aromatic rings. The van der Waals surface area contributed by atoms with Crippen molar-refractivity contribution >= 4 is 23.7 Å². The molecule has 3 aliphatic heterocycles. The fourth-order valence-electron chi connectivity index (χ4n) is 6.15. The highest BCUT2D eigenvalue weighted by atomic mass is 16.3. The summed E-state index contributed by atoms with van der Waals surface area (Å²) in [7, 11) is 0. The van der Waals surface area contributed by atoms with E-state index < -0.39 is 35.8 Å². The van der Waals surface area contributed by atoms with Crippen LogP contribution in [0.5, 0.6) is 0 Å². The third-order valence-electron chi connectivity index (χ3n) is 7.89. The Morgan fingerprint density at radius 3 is 2.79 bits per heavy atom. The van der Waals surface area contributed by atoms with Crippen LogP contribution in [0.1, 0.15) is 44.8 Å². The first-order valence-corrected chi connectivity index (χ1v) is 12.8. The minimum atomic E-state index is -1.22. The Balaban J connectivity index is 1.22. The van der Waals surface area contributed by atoms with Crippen molar-refractivity contribution in [3.63, 3.8) is 0 Å². The first kappa shape index (κ1) is 24.1. The SMILES string of the molecule is NC1=NC2[C@H](CNC(=O)c3cccnn3)N=C(N)N3CC(NC(=O)c4cccc5c4CCCC5)[C@@H](O)C23N1. The molecule has 13 heteroatoms. The van der Waals surface area contributed by atoms with Gasteiger partial charge >= 0.3 is 0 Å². The molecule has 198 valence electrons. The van der Waals surface area contributed by atoms with Gasteiger partial charge < -0.3 is 37.4 Å². The van der Waals surface area contributed by atoms with E-state index >= 15 is 0 Å². The summed E-state index contributed by atoms with van der Waals surface area (Å²) in [4.78, 5) is 36.7. The number of aliphatic imine (C=N–C) groups is 2. The number of aromatic nitrogens is 2. The smallest absolute Gasteiger partial charge is 0.271 e. The normalized spacial score (nSPS) is 29.2. The third-order valence-corrected chi connectivity index (χ3v) is 7.89. The van der Waals surface area contributed by atoms with Gasteiger partial charge in [-0.3, -0.25) is 9.59 Å². The molecule has 1 aliphatic carbocycles. The van der Waals surface area contributed by atoms with E-state index in [9.17, 15) is 14.7 Å². The average molecular weight is 519 g/mol. The van der Waals surface area contributed by atoms with Crippen molar-refractivity contribution in [3.05, 3.63) is 58.9 Å². The Morgan fingerprint density at radius 1 is 1.13 bits per heavy atom. The molecule has 1 aromatic carbocycles. The lowest BCUT2D eigenvalue weighted by molar-refractivity contribution is 0.0144. The van der Waals surface area contributed by atoms with E-state index in [-0.39, 0.29) is 36.6 Å². The predicted molar refractivity (Wildman–Crippen MR) is 138 cm³/mol. The molecule has 1 spiro atoms. The average Bonchev–Trinajstić information content (AvgIpc) is 3.43. The molecular formula is C25H30N10O3. The lowest BCUT2D eigenvalue weighted by Crippen LogP contribution is -2.73. The van der Waals surface area contributed by atoms with Crippen LogP contribution in [0.25, 0.3) is 0 Å². The Kier molecular flexibility index (Phi) is 5.86. The van der Waals surface area contributed by atoms with E-state index in [4.69, 9.17) is 11.5 Å². The molecule has 38 heavy (non-hydrogen) atoms. The van der Waals surface area contributed by atoms with Crippen molar-refractivity contribution in [2.45, 2.75) is 55.6 Å². The maximum Gasteiger partial charge on any atom is 0.271 e. The summed E-state index contributed by atoms with van der Waals surface area (Å²) in [6.07, 6.45) is 4.34. The maximum atomic E-state index is 13.4. The third kappa shape index (κ3) is 3.81. The molecule has 0 bridgehead atoms. The van der Waals surface area contributed by atoms with Crippen molar-refractivity contribution in [3.8, 4) is 0 Å². The van der Waals surface area contributed by atoms with Crippen molar-refractivity contribution in [2.24, 2.45) is 21.5 Å². The predicted octanol–water partition coefficient (Wildman–Crippen LogP) is -1.76. The fraction of sp³-hybridized carbons (Fsp3) is 0.440. The number of amides is 2. The molecule has 6 rings (SSSR count). The van der Waals surface area contributed by atoms with Crippen LogP contribution in [0, 0.1) is 0 Å². The van der Waals surface area contributed by atoms with Gasteiger partial charge in [-0.1, -0.05) is 12.1 Å². The van der Waals surface area contributed by atoms with Crippen molar-refractivity contribution in [2.75, 3.05) is 13.1 Å². The van der Waals surface area contributed by atoms with E-state index in [0.717, 1.165) is 31.2 Å². The number of rotatable bonds is 5. The Bertz CT molecular complexity index is 1330. The van der Waals surface area contributed by atoms with Crippen molar-refractivity contribution < 1.29 is 14.7 Å². The van der Waals surface area contributed by atoms with E-state index in [1.165, 1.54) is 11.8 Å². The number of nitrogens with two attached hydrogens (primary N) is 2. The van der Waals surface area contributed by atoms with Crippen LogP contribution in [0.15, 0.2) is 46.5 Å². The number of nitrogens with one attached hydrogen (secondary N) is 3. The molecule has 2 amide bonds. The summed E-state index contributed by atoms with van der Waals surface area (Å²) in [6, 6.07) is 7.02.